The number of unbranched alkanes of at least 4 members (excludes halogenated alkanes) is 1. The summed E-state index contributed by atoms with van der Waals surface area (Å²) in [6.07, 6.45) is -3.93. The highest BCUT2D eigenvalue weighted by molar-refractivity contribution is 7.82. The van der Waals surface area contributed by atoms with Crippen LogP contribution in [0.4, 0.5) is 0 Å². The zero-order valence-electron chi connectivity index (χ0n) is 14.6. The minimum atomic E-state index is -2.64. The Bertz CT molecular complexity index is 423. The Hall–Kier alpha value is -0.910. The predicted molar refractivity (Wildman–Crippen MR) is 93.8 cm³/mol. The molecule has 0 rings (SSSR count). The molecule has 0 heterocycles. The van der Waals surface area contributed by atoms with Gasteiger partial charge in [-0.2, -0.15) is 0 Å². The number of thiol groups is 1. The number of rotatable bonds is 12. The molecule has 10 heteroatoms. The first-order valence-corrected chi connectivity index (χ1v) is 8.67. The maximum absolute atomic E-state index is 12.6. The standard InChI is InChI=1S/C15H30N2O7S/c1-3-4-7-17(8-5-6-16-10(2)19)14(23)15(24,25)13(22)12(21)11(20)9-18/h11-13,18,20-22,24-25H,3-9H2,1-2H3,(H,16,19). The van der Waals surface area contributed by atoms with Gasteiger partial charge in [-0.05, 0) is 12.8 Å². The minimum Gasteiger partial charge on any atom is -0.394 e. The lowest BCUT2D eigenvalue weighted by Gasteiger charge is -2.35. The van der Waals surface area contributed by atoms with Crippen LogP contribution in [0.3, 0.4) is 0 Å². The summed E-state index contributed by atoms with van der Waals surface area (Å²) in [6, 6.07) is 0. The van der Waals surface area contributed by atoms with Crippen molar-refractivity contribution < 1.29 is 35.1 Å². The maximum atomic E-state index is 12.6. The zero-order valence-corrected chi connectivity index (χ0v) is 15.5. The molecule has 0 saturated heterocycles. The Labute approximate surface area is 153 Å². The molecule has 0 aliphatic heterocycles. The van der Waals surface area contributed by atoms with Crippen molar-refractivity contribution in [2.24, 2.45) is 0 Å². The summed E-state index contributed by atoms with van der Waals surface area (Å²) in [5, 5.41) is 50.8. The third-order valence-corrected chi connectivity index (χ3v) is 4.14. The van der Waals surface area contributed by atoms with E-state index in [2.05, 4.69) is 17.9 Å². The molecule has 6 N–H and O–H groups in total. The van der Waals surface area contributed by atoms with E-state index in [-0.39, 0.29) is 12.5 Å². The summed E-state index contributed by atoms with van der Waals surface area (Å²) in [7, 11) is 0. The first kappa shape index (κ1) is 24.1. The van der Waals surface area contributed by atoms with E-state index in [4.69, 9.17) is 5.11 Å². The van der Waals surface area contributed by atoms with Gasteiger partial charge in [-0.3, -0.25) is 9.59 Å². The Morgan fingerprint density at radius 2 is 1.76 bits per heavy atom. The van der Waals surface area contributed by atoms with E-state index in [9.17, 15) is 30.0 Å². The molecule has 0 bridgehead atoms. The number of aliphatic hydroxyl groups is 5. The monoisotopic (exact) mass is 382 g/mol. The van der Waals surface area contributed by atoms with Crippen LogP contribution in [-0.4, -0.2) is 91.7 Å². The second-order valence-electron chi connectivity index (χ2n) is 5.89. The van der Waals surface area contributed by atoms with Gasteiger partial charge in [0.1, 0.15) is 18.3 Å². The molecule has 2 amide bonds. The average molecular weight is 382 g/mol. The number of carbonyl (C=O) groups excluding carboxylic acids is 2. The molecule has 4 atom stereocenters. The van der Waals surface area contributed by atoms with Crippen molar-refractivity contribution >= 4 is 24.4 Å². The van der Waals surface area contributed by atoms with Crippen LogP contribution in [0.2, 0.25) is 0 Å². The first-order chi connectivity index (χ1) is 11.6. The summed E-state index contributed by atoms with van der Waals surface area (Å²) < 4.78 is 0. The van der Waals surface area contributed by atoms with Crippen LogP contribution in [0.1, 0.15) is 33.1 Å². The molecule has 9 nitrogen and oxygen atoms in total. The van der Waals surface area contributed by atoms with Gasteiger partial charge >= 0.3 is 0 Å². The zero-order chi connectivity index (χ0) is 19.6. The van der Waals surface area contributed by atoms with Crippen molar-refractivity contribution in [2.45, 2.75) is 56.4 Å². The van der Waals surface area contributed by atoms with Gasteiger partial charge in [0, 0.05) is 26.6 Å². The third kappa shape index (κ3) is 7.89. The quantitative estimate of drug-likeness (QED) is 0.115. The van der Waals surface area contributed by atoms with Crippen molar-refractivity contribution in [1.29, 1.82) is 0 Å². The number of carbonyl (C=O) groups is 2. The van der Waals surface area contributed by atoms with Crippen LogP contribution in [0.5, 0.6) is 0 Å². The highest BCUT2D eigenvalue weighted by Crippen LogP contribution is 2.23. The second-order valence-corrected chi connectivity index (χ2v) is 6.58. The maximum Gasteiger partial charge on any atom is 0.267 e. The van der Waals surface area contributed by atoms with Crippen molar-refractivity contribution in [3.63, 3.8) is 0 Å². The number of aliphatic hydroxyl groups excluding tert-OH is 4. The van der Waals surface area contributed by atoms with Gasteiger partial charge in [-0.15, -0.1) is 12.6 Å². The fourth-order valence-electron chi connectivity index (χ4n) is 2.11. The van der Waals surface area contributed by atoms with Gasteiger partial charge in [0.2, 0.25) is 10.8 Å². The molecule has 0 spiro atoms. The van der Waals surface area contributed by atoms with Crippen molar-refractivity contribution in [3.05, 3.63) is 0 Å². The summed E-state index contributed by atoms with van der Waals surface area (Å²) in [6.45, 7) is 3.27. The first-order valence-electron chi connectivity index (χ1n) is 8.23. The van der Waals surface area contributed by atoms with Crippen LogP contribution in [0, 0.1) is 0 Å². The molecular weight excluding hydrogens is 352 g/mol. The highest BCUT2D eigenvalue weighted by Gasteiger charge is 2.47. The molecule has 0 aliphatic rings. The van der Waals surface area contributed by atoms with Crippen molar-refractivity contribution in [1.82, 2.24) is 10.2 Å². The van der Waals surface area contributed by atoms with Crippen LogP contribution in [0.15, 0.2) is 0 Å². The summed E-state index contributed by atoms with van der Waals surface area (Å²) >= 11 is 3.78. The van der Waals surface area contributed by atoms with Gasteiger partial charge in [-0.1, -0.05) is 13.3 Å². The van der Waals surface area contributed by atoms with E-state index in [1.54, 1.807) is 0 Å². The normalized spacial score (nSPS) is 17.3. The predicted octanol–water partition coefficient (Wildman–Crippen LogP) is -2.17. The number of hydrogen-bond acceptors (Lipinski definition) is 8. The molecule has 0 radical (unpaired) electrons. The molecular formula is C15H30N2O7S. The lowest BCUT2D eigenvalue weighted by Crippen LogP contribution is -2.59. The van der Waals surface area contributed by atoms with Crippen molar-refractivity contribution in [2.75, 3.05) is 26.2 Å². The van der Waals surface area contributed by atoms with Gasteiger partial charge in [0.15, 0.2) is 0 Å². The average Bonchev–Trinajstić information content (AvgIpc) is 2.58. The Kier molecular flexibility index (Phi) is 11.2. The van der Waals surface area contributed by atoms with Crippen LogP contribution < -0.4 is 5.32 Å². The molecule has 0 aromatic carbocycles. The number of amides is 2. The summed E-state index contributed by atoms with van der Waals surface area (Å²) in [4.78, 5) is 22.0. The largest absolute Gasteiger partial charge is 0.394 e. The van der Waals surface area contributed by atoms with Gasteiger partial charge in [-0.25, -0.2) is 0 Å². The molecule has 0 aromatic rings. The molecule has 0 fully saturated rings. The second kappa shape index (κ2) is 11.7. The molecule has 0 aliphatic carbocycles. The van der Waals surface area contributed by atoms with E-state index in [1.165, 1.54) is 11.8 Å². The SMILES string of the molecule is CCCCN(CCCNC(C)=O)C(=O)C(O)(S)C(O)C(O)C(O)CO. The van der Waals surface area contributed by atoms with E-state index in [0.717, 1.165) is 6.42 Å². The van der Waals surface area contributed by atoms with E-state index < -0.39 is 35.8 Å². The lowest BCUT2D eigenvalue weighted by atomic mass is 10.0. The molecule has 0 aromatic heterocycles. The molecule has 0 saturated carbocycles. The summed E-state index contributed by atoms with van der Waals surface area (Å²) in [5.74, 6) is -1.13. The Balaban J connectivity index is 5.01. The Morgan fingerprint density at radius 3 is 2.24 bits per heavy atom. The van der Waals surface area contributed by atoms with Gasteiger partial charge < -0.3 is 35.7 Å². The fourth-order valence-corrected chi connectivity index (χ4v) is 2.41. The lowest BCUT2D eigenvalue weighted by molar-refractivity contribution is -0.164. The van der Waals surface area contributed by atoms with Gasteiger partial charge in [0.05, 0.1) is 6.61 Å². The van der Waals surface area contributed by atoms with E-state index in [1.807, 2.05) is 6.92 Å². The molecule has 25 heavy (non-hydrogen) atoms. The fraction of sp³-hybridized carbons (Fsp3) is 0.867. The van der Waals surface area contributed by atoms with Gasteiger partial charge in [0.25, 0.3) is 5.91 Å². The topological polar surface area (TPSA) is 151 Å². The molecule has 4 unspecified atom stereocenters. The van der Waals surface area contributed by atoms with Crippen LogP contribution >= 0.6 is 12.6 Å². The summed E-state index contributed by atoms with van der Waals surface area (Å²) in [5.41, 5.74) is 0. The Morgan fingerprint density at radius 1 is 1.20 bits per heavy atom. The number of hydrogen-bond donors (Lipinski definition) is 7. The highest BCUT2D eigenvalue weighted by atomic mass is 32.1. The van der Waals surface area contributed by atoms with Crippen LogP contribution in [-0.2, 0) is 9.59 Å². The smallest absolute Gasteiger partial charge is 0.267 e. The number of nitrogens with zero attached hydrogens (tertiary/aromatic N) is 1. The van der Waals surface area contributed by atoms with Crippen molar-refractivity contribution in [3.8, 4) is 0 Å². The van der Waals surface area contributed by atoms with Crippen LogP contribution in [0.25, 0.3) is 0 Å². The van der Waals surface area contributed by atoms with E-state index in [0.29, 0.717) is 25.9 Å². The van der Waals surface area contributed by atoms with E-state index >= 15 is 0 Å². The minimum absolute atomic E-state index is 0.200. The third-order valence-electron chi connectivity index (χ3n) is 3.68. The number of nitrogens with one attached hydrogen (secondary N) is 1. The molecule has 148 valence electrons.